The minimum Gasteiger partial charge on any atom is -0.503 e. The highest BCUT2D eigenvalue weighted by molar-refractivity contribution is 6.31. The molecule has 3 aliphatic rings. The molecule has 2 bridgehead atoms. The molecule has 1 aliphatic carbocycles. The van der Waals surface area contributed by atoms with E-state index in [1.54, 1.807) is 17.9 Å². The highest BCUT2D eigenvalue weighted by Crippen LogP contribution is 2.45. The molecule has 2 aliphatic heterocycles. The number of hydrogen-bond donors (Lipinski definition) is 2. The number of carbonyl (C=O) groups excluding carboxylic acids is 2. The van der Waals surface area contributed by atoms with Crippen LogP contribution < -0.4 is 10.7 Å². The maximum Gasteiger partial charge on any atom is 0.275 e. The molecule has 1 saturated heterocycles. The maximum atomic E-state index is 14.2. The zero-order valence-electron chi connectivity index (χ0n) is 16.8. The summed E-state index contributed by atoms with van der Waals surface area (Å²) in [5.41, 5.74) is -0.534. The van der Waals surface area contributed by atoms with Crippen LogP contribution in [0.5, 0.6) is 5.75 Å². The Morgan fingerprint density at radius 1 is 1.32 bits per heavy atom. The summed E-state index contributed by atoms with van der Waals surface area (Å²) in [6.45, 7) is 1.91. The van der Waals surface area contributed by atoms with Gasteiger partial charge in [-0.25, -0.2) is 4.39 Å². The van der Waals surface area contributed by atoms with Gasteiger partial charge in [0, 0.05) is 35.9 Å². The lowest BCUT2D eigenvalue weighted by Gasteiger charge is -2.40. The van der Waals surface area contributed by atoms with Crippen molar-refractivity contribution in [3.63, 3.8) is 0 Å². The summed E-state index contributed by atoms with van der Waals surface area (Å²) in [6, 6.07) is 3.05. The highest BCUT2D eigenvalue weighted by Gasteiger charge is 2.51. The SMILES string of the molecule is Cc1cc(F)c(CNC(=O)c2cn3c(c(O)c2=O)C(=O)N2[C@H]4CC[C@H](C4)[C@@H]2C3)c(Cl)c1. The van der Waals surface area contributed by atoms with Crippen molar-refractivity contribution in [3.05, 3.63) is 61.8 Å². The van der Waals surface area contributed by atoms with E-state index in [9.17, 15) is 23.9 Å². The second-order valence-electron chi connectivity index (χ2n) is 8.62. The van der Waals surface area contributed by atoms with Crippen molar-refractivity contribution in [2.24, 2.45) is 5.92 Å². The Morgan fingerprint density at radius 3 is 2.84 bits per heavy atom. The Hall–Kier alpha value is -2.87. The van der Waals surface area contributed by atoms with Crippen LogP contribution in [-0.2, 0) is 13.1 Å². The lowest BCUT2D eigenvalue weighted by atomic mass is 9.95. The second-order valence-corrected chi connectivity index (χ2v) is 9.03. The van der Waals surface area contributed by atoms with E-state index in [-0.39, 0.29) is 46.4 Å². The third kappa shape index (κ3) is 3.04. The molecular weight excluding hydrogens is 425 g/mol. The standard InChI is InChI=1S/C22H21ClFN3O4/c1-10-4-15(23)13(16(24)5-10)7-25-21(30)14-8-26-9-17-11-2-3-12(6-11)27(17)22(31)18(26)20(29)19(14)28/h4-5,8,11-12,17,29H,2-3,6-7,9H2,1H3,(H,25,30)/t11-,12+,17+/m1/s1. The van der Waals surface area contributed by atoms with Crippen LogP contribution in [0, 0.1) is 18.7 Å². The predicted octanol–water partition coefficient (Wildman–Crippen LogP) is 2.59. The number of benzene rings is 1. The van der Waals surface area contributed by atoms with Crippen molar-refractivity contribution in [2.45, 2.75) is 51.4 Å². The Bertz CT molecular complexity index is 1170. The van der Waals surface area contributed by atoms with Gasteiger partial charge in [-0.3, -0.25) is 14.4 Å². The first-order valence-electron chi connectivity index (χ1n) is 10.3. The molecule has 2 fully saturated rings. The number of aromatic nitrogens is 1. The highest BCUT2D eigenvalue weighted by atomic mass is 35.5. The number of carbonyl (C=O) groups is 2. The molecule has 162 valence electrons. The maximum absolute atomic E-state index is 14.2. The lowest BCUT2D eigenvalue weighted by molar-refractivity contribution is 0.0482. The van der Waals surface area contributed by atoms with E-state index in [0.717, 1.165) is 19.3 Å². The molecule has 3 atom stereocenters. The molecule has 7 nitrogen and oxygen atoms in total. The second kappa shape index (κ2) is 7.09. The molecule has 2 N–H and O–H groups in total. The van der Waals surface area contributed by atoms with E-state index >= 15 is 0 Å². The van der Waals surface area contributed by atoms with E-state index < -0.39 is 22.9 Å². The predicted molar refractivity (Wildman–Crippen MR) is 111 cm³/mol. The average molecular weight is 446 g/mol. The minimum atomic E-state index is -0.921. The van der Waals surface area contributed by atoms with E-state index in [1.165, 1.54) is 16.8 Å². The largest absolute Gasteiger partial charge is 0.503 e. The number of halogens is 2. The van der Waals surface area contributed by atoms with Crippen LogP contribution in [0.4, 0.5) is 4.39 Å². The van der Waals surface area contributed by atoms with Crippen LogP contribution in [0.15, 0.2) is 23.1 Å². The smallest absolute Gasteiger partial charge is 0.275 e. The monoisotopic (exact) mass is 445 g/mol. The van der Waals surface area contributed by atoms with Crippen molar-refractivity contribution in [2.75, 3.05) is 0 Å². The Labute approximate surface area is 182 Å². The van der Waals surface area contributed by atoms with Crippen LogP contribution in [0.1, 0.15) is 51.2 Å². The average Bonchev–Trinajstić information content (AvgIpc) is 3.31. The van der Waals surface area contributed by atoms with Crippen LogP contribution in [0.3, 0.4) is 0 Å². The van der Waals surface area contributed by atoms with Crippen LogP contribution in [0.2, 0.25) is 5.02 Å². The molecule has 2 aromatic rings. The number of rotatable bonds is 3. The number of amides is 2. The summed E-state index contributed by atoms with van der Waals surface area (Å²) >= 11 is 6.07. The molecule has 9 heteroatoms. The number of aromatic hydroxyl groups is 1. The third-order valence-corrected chi connectivity index (χ3v) is 7.11. The van der Waals surface area contributed by atoms with Gasteiger partial charge in [0.15, 0.2) is 11.4 Å². The van der Waals surface area contributed by atoms with Crippen LogP contribution >= 0.6 is 11.6 Å². The normalized spacial score (nSPS) is 23.6. The number of aryl methyl sites for hydroxylation is 1. The van der Waals surface area contributed by atoms with Crippen molar-refractivity contribution >= 4 is 23.4 Å². The molecule has 31 heavy (non-hydrogen) atoms. The molecule has 5 rings (SSSR count). The van der Waals surface area contributed by atoms with Gasteiger partial charge in [0.25, 0.3) is 11.8 Å². The first-order valence-corrected chi connectivity index (χ1v) is 10.7. The van der Waals surface area contributed by atoms with Gasteiger partial charge in [-0.15, -0.1) is 0 Å². The topological polar surface area (TPSA) is 91.6 Å². The fourth-order valence-corrected chi connectivity index (χ4v) is 5.64. The summed E-state index contributed by atoms with van der Waals surface area (Å²) in [5, 5.41) is 13.2. The van der Waals surface area contributed by atoms with Gasteiger partial charge in [-0.1, -0.05) is 11.6 Å². The molecule has 2 amide bonds. The van der Waals surface area contributed by atoms with Gasteiger partial charge >= 0.3 is 0 Å². The zero-order chi connectivity index (χ0) is 22.0. The van der Waals surface area contributed by atoms with Crippen molar-refractivity contribution in [1.82, 2.24) is 14.8 Å². The quantitative estimate of drug-likeness (QED) is 0.759. The molecule has 0 unspecified atom stereocenters. The van der Waals surface area contributed by atoms with Crippen molar-refractivity contribution in [3.8, 4) is 5.75 Å². The zero-order valence-corrected chi connectivity index (χ0v) is 17.6. The first-order chi connectivity index (χ1) is 14.8. The van der Waals surface area contributed by atoms with Gasteiger partial charge < -0.3 is 19.9 Å². The summed E-state index contributed by atoms with van der Waals surface area (Å²) in [6.07, 6.45) is 4.25. The fourth-order valence-electron chi connectivity index (χ4n) is 5.31. The van der Waals surface area contributed by atoms with Gasteiger partial charge in [0.05, 0.1) is 6.04 Å². The van der Waals surface area contributed by atoms with Gasteiger partial charge in [0.1, 0.15) is 11.4 Å². The van der Waals surface area contributed by atoms with Crippen LogP contribution in [0.25, 0.3) is 0 Å². The van der Waals surface area contributed by atoms with Gasteiger partial charge in [0.2, 0.25) is 5.43 Å². The molecular formula is C22H21ClFN3O4. The minimum absolute atomic E-state index is 0.0111. The van der Waals surface area contributed by atoms with E-state index in [0.29, 0.717) is 18.0 Å². The third-order valence-electron chi connectivity index (χ3n) is 6.77. The summed E-state index contributed by atoms with van der Waals surface area (Å²) in [4.78, 5) is 40.2. The number of fused-ring (bicyclic) bond motifs is 6. The van der Waals surface area contributed by atoms with Gasteiger partial charge in [-0.05, 0) is 49.8 Å². The molecule has 3 heterocycles. The molecule has 0 spiro atoms. The summed E-state index contributed by atoms with van der Waals surface area (Å²) in [7, 11) is 0. The van der Waals surface area contributed by atoms with E-state index in [2.05, 4.69) is 5.32 Å². The van der Waals surface area contributed by atoms with Crippen molar-refractivity contribution < 1.29 is 19.1 Å². The molecule has 0 radical (unpaired) electrons. The van der Waals surface area contributed by atoms with Crippen molar-refractivity contribution in [1.29, 1.82) is 0 Å². The van der Waals surface area contributed by atoms with Crippen LogP contribution in [-0.4, -0.2) is 38.5 Å². The van der Waals surface area contributed by atoms with E-state index in [1.807, 2.05) is 0 Å². The van der Waals surface area contributed by atoms with E-state index in [4.69, 9.17) is 11.6 Å². The fraction of sp³-hybridized carbons (Fsp3) is 0.409. The Kier molecular flexibility index (Phi) is 4.58. The summed E-state index contributed by atoms with van der Waals surface area (Å²) < 4.78 is 15.7. The van der Waals surface area contributed by atoms with Gasteiger partial charge in [-0.2, -0.15) is 0 Å². The first kappa shape index (κ1) is 20.1. The number of nitrogens with one attached hydrogen (secondary N) is 1. The Balaban J connectivity index is 1.44. The molecule has 1 aromatic heterocycles. The Morgan fingerprint density at radius 2 is 2.10 bits per heavy atom. The number of pyridine rings is 1. The molecule has 1 aromatic carbocycles. The summed E-state index contributed by atoms with van der Waals surface area (Å²) in [5.74, 6) is -2.02. The number of nitrogens with zero attached hydrogens (tertiary/aromatic N) is 2. The lowest BCUT2D eigenvalue weighted by Crippen LogP contribution is -2.52. The molecule has 1 saturated carbocycles. The number of piperidine rings is 1. The number of hydrogen-bond acceptors (Lipinski definition) is 4.